The second-order valence-corrected chi connectivity index (χ2v) is 11.1. The number of pyridine rings is 1. The smallest absolute Gasteiger partial charge is 0.154 e. The van der Waals surface area contributed by atoms with Gasteiger partial charge in [0.1, 0.15) is 28.7 Å². The average Bonchev–Trinajstić information content (AvgIpc) is 3.15. The van der Waals surface area contributed by atoms with Crippen LogP contribution in [0.25, 0.3) is 10.8 Å². The van der Waals surface area contributed by atoms with Gasteiger partial charge in [-0.3, -0.25) is 29.0 Å². The zero-order valence-corrected chi connectivity index (χ0v) is 28.9. The first kappa shape index (κ1) is 41.9. The van der Waals surface area contributed by atoms with E-state index >= 15 is 0 Å². The van der Waals surface area contributed by atoms with Crippen LogP contribution < -0.4 is 0 Å². The molecule has 0 fully saturated rings. The number of hydrogen-bond donors (Lipinski definition) is 5. The molecule has 6 rings (SSSR count). The van der Waals surface area contributed by atoms with Gasteiger partial charge < -0.3 is 25.5 Å². The number of rotatable bonds is 5. The second-order valence-electron chi connectivity index (χ2n) is 9.83. The van der Waals surface area contributed by atoms with E-state index in [0.29, 0.717) is 52.6 Å². The number of halogens is 3. The molecule has 0 radical (unpaired) electrons. The molecule has 6 aromatic rings. The minimum Gasteiger partial charge on any atom is -0.507 e. The van der Waals surface area contributed by atoms with Gasteiger partial charge in [0.15, 0.2) is 31.4 Å². The molecule has 14 heteroatoms. The highest BCUT2D eigenvalue weighted by Gasteiger charge is 2.06. The van der Waals surface area contributed by atoms with E-state index in [2.05, 4.69) is 4.98 Å². The third-order valence-electron chi connectivity index (χ3n) is 6.39. The Labute approximate surface area is 311 Å². The quantitative estimate of drug-likeness (QED) is 0.105. The first-order chi connectivity index (χ1) is 24.9. The zero-order valence-electron chi connectivity index (χ0n) is 26.6. The fourth-order valence-corrected chi connectivity index (χ4v) is 4.48. The summed E-state index contributed by atoms with van der Waals surface area (Å²) in [6.07, 6.45) is 5.60. The van der Waals surface area contributed by atoms with E-state index in [4.69, 9.17) is 55.2 Å². The highest BCUT2D eigenvalue weighted by molar-refractivity contribution is 6.36. The fourth-order valence-electron chi connectivity index (χ4n) is 3.79. The Kier molecular flexibility index (Phi) is 17.5. The highest BCUT2D eigenvalue weighted by atomic mass is 35.5. The summed E-state index contributed by atoms with van der Waals surface area (Å²) < 4.78 is 0. The van der Waals surface area contributed by atoms with E-state index in [9.17, 15) is 29.1 Å². The zero-order chi connectivity index (χ0) is 38.6. The molecule has 266 valence electrons. The molecule has 0 amide bonds. The minimum atomic E-state index is -0.230. The van der Waals surface area contributed by atoms with E-state index in [1.165, 1.54) is 60.9 Å². The minimum absolute atomic E-state index is 0.0347. The number of phenols is 4. The molecule has 1 aromatic heterocycles. The molecule has 1 heterocycles. The number of hydrogen-bond acceptors (Lipinski definition) is 11. The number of phenolic OH excluding ortho intramolecular Hbond substituents is 4. The lowest BCUT2D eigenvalue weighted by atomic mass is 10.0. The van der Waals surface area contributed by atoms with Crippen LogP contribution in [0, 0.1) is 0 Å². The van der Waals surface area contributed by atoms with Crippen LogP contribution in [0.1, 0.15) is 51.8 Å². The molecule has 0 aliphatic heterocycles. The van der Waals surface area contributed by atoms with Crippen molar-refractivity contribution >= 4 is 77.0 Å². The summed E-state index contributed by atoms with van der Waals surface area (Å²) in [6.45, 7) is 0. The number of fused-ring (bicyclic) bond motifs is 1. The van der Waals surface area contributed by atoms with Crippen molar-refractivity contribution in [2.24, 2.45) is 0 Å². The standard InChI is InChI=1S/C11H8O2.C7H4Cl2O2.C7H5ClO2.C7H6O2.C6H5NO2/c12-7-10-9-4-2-1-3-8(9)5-6-11(10)13;8-5-1-4(3-10)7(11)6(9)2-5;8-6-1-2-7(10)5(3-6)4-9;8-5-6-3-1-2-4-7(6)9;8-4-5-1-2-7-3-6(5)9/h1-7,13H;1-3,11H;1-4,10H;1-5,9H;1-4,9H. The highest BCUT2D eigenvalue weighted by Crippen LogP contribution is 2.30. The molecule has 0 aliphatic carbocycles. The number of carbonyl (C=O) groups is 5. The van der Waals surface area contributed by atoms with Gasteiger partial charge in [-0.05, 0) is 65.4 Å². The summed E-state index contributed by atoms with van der Waals surface area (Å²) in [4.78, 5) is 54.8. The summed E-state index contributed by atoms with van der Waals surface area (Å²) in [5.74, 6) is -0.279. The van der Waals surface area contributed by atoms with Gasteiger partial charge in [0, 0.05) is 16.2 Å². The van der Waals surface area contributed by atoms with E-state index in [0.717, 1.165) is 10.8 Å². The van der Waals surface area contributed by atoms with Crippen molar-refractivity contribution < 1.29 is 49.5 Å². The summed E-state index contributed by atoms with van der Waals surface area (Å²) in [5, 5.41) is 47.7. The molecule has 0 spiro atoms. The van der Waals surface area contributed by atoms with Crippen molar-refractivity contribution in [1.82, 2.24) is 4.98 Å². The lowest BCUT2D eigenvalue weighted by Crippen LogP contribution is -1.83. The third-order valence-corrected chi connectivity index (χ3v) is 7.13. The molecule has 5 N–H and O–H groups in total. The van der Waals surface area contributed by atoms with Crippen LogP contribution >= 0.6 is 34.8 Å². The Morgan fingerprint density at radius 1 is 0.481 bits per heavy atom. The third kappa shape index (κ3) is 12.9. The van der Waals surface area contributed by atoms with Gasteiger partial charge in [-0.15, -0.1) is 0 Å². The van der Waals surface area contributed by atoms with E-state index in [1.807, 2.05) is 24.3 Å². The Morgan fingerprint density at radius 3 is 1.60 bits per heavy atom. The number of nitrogens with zero attached hydrogens (tertiary/aromatic N) is 1. The number of benzene rings is 5. The first-order valence-electron chi connectivity index (χ1n) is 14.4. The van der Waals surface area contributed by atoms with Crippen LogP contribution in [-0.2, 0) is 0 Å². The van der Waals surface area contributed by atoms with Crippen molar-refractivity contribution in [2.45, 2.75) is 0 Å². The van der Waals surface area contributed by atoms with E-state index in [1.54, 1.807) is 24.3 Å². The predicted molar refractivity (Wildman–Crippen MR) is 198 cm³/mol. The van der Waals surface area contributed by atoms with Gasteiger partial charge in [-0.1, -0.05) is 77.3 Å². The van der Waals surface area contributed by atoms with Crippen molar-refractivity contribution in [2.75, 3.05) is 0 Å². The molecular formula is C38H28Cl3NO10. The Balaban J connectivity index is 0.000000227. The number of aldehydes is 5. The Bertz CT molecular complexity index is 2110. The van der Waals surface area contributed by atoms with E-state index < -0.39 is 0 Å². The van der Waals surface area contributed by atoms with E-state index in [-0.39, 0.29) is 50.5 Å². The molecule has 52 heavy (non-hydrogen) atoms. The first-order valence-corrected chi connectivity index (χ1v) is 15.6. The number of para-hydroxylation sites is 1. The number of aromatic nitrogens is 1. The predicted octanol–water partition coefficient (Wildman–Crippen LogP) is 8.53. The lowest BCUT2D eigenvalue weighted by molar-refractivity contribution is 0.111. The van der Waals surface area contributed by atoms with Crippen molar-refractivity contribution in [3.8, 4) is 28.7 Å². The summed E-state index contributed by atoms with van der Waals surface area (Å²) in [5.41, 5.74) is 1.27. The van der Waals surface area contributed by atoms with Crippen molar-refractivity contribution in [3.63, 3.8) is 0 Å². The van der Waals surface area contributed by atoms with Crippen LogP contribution in [0.2, 0.25) is 15.1 Å². The fraction of sp³-hybridized carbons (Fsp3) is 0. The molecule has 0 saturated heterocycles. The lowest BCUT2D eigenvalue weighted by Gasteiger charge is -2.01. The summed E-state index contributed by atoms with van der Waals surface area (Å²) in [7, 11) is 0. The Morgan fingerprint density at radius 2 is 1.04 bits per heavy atom. The van der Waals surface area contributed by atoms with Crippen molar-refractivity contribution in [3.05, 3.63) is 152 Å². The maximum Gasteiger partial charge on any atom is 0.154 e. The normalized spacial score (nSPS) is 9.44. The van der Waals surface area contributed by atoms with Crippen LogP contribution in [-0.4, -0.2) is 61.9 Å². The molecule has 0 unspecified atom stereocenters. The molecular weight excluding hydrogens is 737 g/mol. The average molecular weight is 765 g/mol. The maximum atomic E-state index is 10.7. The topological polar surface area (TPSA) is 199 Å². The van der Waals surface area contributed by atoms with Gasteiger partial charge in [0.05, 0.1) is 39.0 Å². The summed E-state index contributed by atoms with van der Waals surface area (Å²) >= 11 is 16.6. The maximum absolute atomic E-state index is 10.7. The molecule has 5 aromatic carbocycles. The largest absolute Gasteiger partial charge is 0.507 e. The second kappa shape index (κ2) is 21.7. The van der Waals surface area contributed by atoms with Crippen LogP contribution in [0.3, 0.4) is 0 Å². The van der Waals surface area contributed by atoms with Crippen LogP contribution in [0.5, 0.6) is 28.7 Å². The van der Waals surface area contributed by atoms with Crippen LogP contribution in [0.15, 0.2) is 109 Å². The van der Waals surface area contributed by atoms with Gasteiger partial charge in [-0.2, -0.15) is 0 Å². The SMILES string of the molecule is O=Cc1c(O)ccc2ccccc12.O=Cc1cc(Cl)cc(Cl)c1O.O=Cc1cc(Cl)ccc1O.O=Cc1ccccc1O.O=Cc1ccncc1O. The molecule has 11 nitrogen and oxygen atoms in total. The number of carbonyl (C=O) groups excluding carboxylic acids is 5. The number of aromatic hydroxyl groups is 5. The molecule has 0 aliphatic rings. The van der Waals surface area contributed by atoms with Gasteiger partial charge in [0.25, 0.3) is 0 Å². The monoisotopic (exact) mass is 763 g/mol. The van der Waals surface area contributed by atoms with Gasteiger partial charge in [0.2, 0.25) is 0 Å². The molecule has 0 saturated carbocycles. The summed E-state index contributed by atoms with van der Waals surface area (Å²) in [6, 6.07) is 25.6. The van der Waals surface area contributed by atoms with Gasteiger partial charge in [-0.25, -0.2) is 0 Å². The Hall–Kier alpha value is -6.27. The van der Waals surface area contributed by atoms with Crippen LogP contribution in [0.4, 0.5) is 0 Å². The molecule has 0 atom stereocenters. The molecule has 0 bridgehead atoms. The van der Waals surface area contributed by atoms with Gasteiger partial charge >= 0.3 is 0 Å². The van der Waals surface area contributed by atoms with Crippen molar-refractivity contribution in [1.29, 1.82) is 0 Å².